The third-order valence-electron chi connectivity index (χ3n) is 2.30. The zero-order valence-electron chi connectivity index (χ0n) is 9.75. The number of aliphatic carboxylic acids is 1. The zero-order chi connectivity index (χ0) is 13.1. The van der Waals surface area contributed by atoms with Gasteiger partial charge in [0.1, 0.15) is 0 Å². The molecule has 1 N–H and O–H groups in total. The maximum Gasteiger partial charge on any atom is 0.303 e. The van der Waals surface area contributed by atoms with Gasteiger partial charge in [0.15, 0.2) is 0 Å². The minimum absolute atomic E-state index is 0.00847. The highest BCUT2D eigenvalue weighted by Gasteiger charge is 2.17. The molecule has 0 bridgehead atoms. The van der Waals surface area contributed by atoms with E-state index in [1.54, 1.807) is 12.1 Å². The van der Waals surface area contributed by atoms with Crippen LogP contribution < -0.4 is 0 Å². The third kappa shape index (κ3) is 3.54. The average molecular weight is 257 g/mol. The Kier molecular flexibility index (Phi) is 4.25. The molecule has 0 spiro atoms. The lowest BCUT2D eigenvalue weighted by Crippen LogP contribution is -2.22. The molecule has 1 aromatic rings. The molecule has 0 aliphatic rings. The van der Waals surface area contributed by atoms with E-state index in [9.17, 15) is 13.2 Å². The molecule has 0 aromatic heterocycles. The highest BCUT2D eigenvalue weighted by molar-refractivity contribution is 7.89. The summed E-state index contributed by atoms with van der Waals surface area (Å²) in [4.78, 5) is 10.6. The summed E-state index contributed by atoms with van der Waals surface area (Å²) in [6.07, 6.45) is 0.317. The van der Waals surface area contributed by atoms with Gasteiger partial charge in [0, 0.05) is 20.5 Å². The summed E-state index contributed by atoms with van der Waals surface area (Å²) in [6.45, 7) is 0. The zero-order valence-corrected chi connectivity index (χ0v) is 10.6. The molecule has 94 valence electrons. The van der Waals surface area contributed by atoms with Gasteiger partial charge in [0.2, 0.25) is 10.0 Å². The van der Waals surface area contributed by atoms with Crippen LogP contribution in [0.3, 0.4) is 0 Å². The summed E-state index contributed by atoms with van der Waals surface area (Å²) < 4.78 is 24.8. The molecule has 17 heavy (non-hydrogen) atoms. The average Bonchev–Trinajstić information content (AvgIpc) is 2.26. The van der Waals surface area contributed by atoms with Crippen LogP contribution in [0.4, 0.5) is 0 Å². The van der Waals surface area contributed by atoms with Crippen LogP contribution in [0.25, 0.3) is 0 Å². The van der Waals surface area contributed by atoms with Gasteiger partial charge in [0.05, 0.1) is 4.90 Å². The molecule has 0 saturated heterocycles. The first-order valence-corrected chi connectivity index (χ1v) is 6.51. The summed E-state index contributed by atoms with van der Waals surface area (Å²) >= 11 is 0. The van der Waals surface area contributed by atoms with Crippen molar-refractivity contribution in [3.63, 3.8) is 0 Å². The number of nitrogens with zero attached hydrogens (tertiary/aromatic N) is 1. The van der Waals surface area contributed by atoms with E-state index in [0.717, 1.165) is 4.31 Å². The fourth-order valence-electron chi connectivity index (χ4n) is 1.32. The van der Waals surface area contributed by atoms with Crippen molar-refractivity contribution >= 4 is 16.0 Å². The number of carbonyl (C=O) groups is 1. The SMILES string of the molecule is CN(C)S(=O)(=O)c1cccc(CCC(=O)O)c1. The van der Waals surface area contributed by atoms with E-state index in [1.807, 2.05) is 0 Å². The number of benzene rings is 1. The molecular weight excluding hydrogens is 242 g/mol. The topological polar surface area (TPSA) is 74.7 Å². The normalized spacial score (nSPS) is 11.7. The fourth-order valence-corrected chi connectivity index (χ4v) is 2.30. The first-order chi connectivity index (χ1) is 7.84. The molecule has 0 saturated carbocycles. The van der Waals surface area contributed by atoms with E-state index < -0.39 is 16.0 Å². The fraction of sp³-hybridized carbons (Fsp3) is 0.364. The molecule has 5 nitrogen and oxygen atoms in total. The minimum atomic E-state index is -3.45. The summed E-state index contributed by atoms with van der Waals surface area (Å²) in [5.41, 5.74) is 0.704. The molecule has 0 fully saturated rings. The Bertz CT molecular complexity index is 508. The van der Waals surface area contributed by atoms with E-state index in [-0.39, 0.29) is 11.3 Å². The van der Waals surface area contributed by atoms with Crippen LogP contribution in [0.2, 0.25) is 0 Å². The largest absolute Gasteiger partial charge is 0.481 e. The van der Waals surface area contributed by atoms with Crippen molar-refractivity contribution in [2.45, 2.75) is 17.7 Å². The second-order valence-electron chi connectivity index (χ2n) is 3.83. The molecule has 0 radical (unpaired) electrons. The maximum absolute atomic E-state index is 11.8. The van der Waals surface area contributed by atoms with E-state index in [0.29, 0.717) is 12.0 Å². The predicted molar refractivity (Wildman–Crippen MR) is 63.3 cm³/mol. The number of sulfonamides is 1. The van der Waals surface area contributed by atoms with Gasteiger partial charge >= 0.3 is 5.97 Å². The van der Waals surface area contributed by atoms with Crippen LogP contribution in [0.1, 0.15) is 12.0 Å². The Morgan fingerprint density at radius 2 is 2.00 bits per heavy atom. The molecule has 0 aliphatic carbocycles. The van der Waals surface area contributed by atoms with Gasteiger partial charge in [-0.3, -0.25) is 4.79 Å². The van der Waals surface area contributed by atoms with Crippen LogP contribution >= 0.6 is 0 Å². The molecule has 6 heteroatoms. The van der Waals surface area contributed by atoms with Crippen LogP contribution in [0, 0.1) is 0 Å². The van der Waals surface area contributed by atoms with E-state index >= 15 is 0 Å². The lowest BCUT2D eigenvalue weighted by Gasteiger charge is -2.12. The lowest BCUT2D eigenvalue weighted by atomic mass is 10.1. The van der Waals surface area contributed by atoms with E-state index in [4.69, 9.17) is 5.11 Å². The smallest absolute Gasteiger partial charge is 0.303 e. The number of hydrogen-bond acceptors (Lipinski definition) is 3. The van der Waals surface area contributed by atoms with Gasteiger partial charge in [-0.25, -0.2) is 12.7 Å². The standard InChI is InChI=1S/C11H15NO4S/c1-12(2)17(15,16)10-5-3-4-9(8-10)6-7-11(13)14/h3-5,8H,6-7H2,1-2H3,(H,13,14). The summed E-state index contributed by atoms with van der Waals surface area (Å²) in [5.74, 6) is -0.897. The number of hydrogen-bond donors (Lipinski definition) is 1. The minimum Gasteiger partial charge on any atom is -0.481 e. The third-order valence-corrected chi connectivity index (χ3v) is 4.12. The molecule has 0 aliphatic heterocycles. The number of carboxylic acids is 1. The van der Waals surface area contributed by atoms with Crippen molar-refractivity contribution in [2.75, 3.05) is 14.1 Å². The Morgan fingerprint density at radius 1 is 1.35 bits per heavy atom. The van der Waals surface area contributed by atoms with Gasteiger partial charge in [-0.2, -0.15) is 0 Å². The highest BCUT2D eigenvalue weighted by Crippen LogP contribution is 2.15. The molecule has 0 heterocycles. The Hall–Kier alpha value is -1.40. The van der Waals surface area contributed by atoms with Crippen LogP contribution in [-0.4, -0.2) is 37.9 Å². The van der Waals surface area contributed by atoms with E-state index in [2.05, 4.69) is 0 Å². The second kappa shape index (κ2) is 5.29. The Labute approximate surface area is 101 Å². The first kappa shape index (κ1) is 13.7. The first-order valence-electron chi connectivity index (χ1n) is 5.07. The van der Waals surface area contributed by atoms with Crippen molar-refractivity contribution in [3.8, 4) is 0 Å². The predicted octanol–water partition coefficient (Wildman–Crippen LogP) is 0.954. The van der Waals surface area contributed by atoms with Crippen molar-refractivity contribution in [1.29, 1.82) is 0 Å². The summed E-state index contributed by atoms with van der Waals surface area (Å²) in [6, 6.07) is 6.35. The van der Waals surface area contributed by atoms with Gasteiger partial charge in [-0.05, 0) is 24.1 Å². The van der Waals surface area contributed by atoms with Crippen molar-refractivity contribution in [1.82, 2.24) is 4.31 Å². The molecule has 0 atom stereocenters. The molecule has 1 aromatic carbocycles. The van der Waals surface area contributed by atoms with Gasteiger partial charge < -0.3 is 5.11 Å². The Morgan fingerprint density at radius 3 is 2.53 bits per heavy atom. The van der Waals surface area contributed by atoms with Gasteiger partial charge in [0.25, 0.3) is 0 Å². The van der Waals surface area contributed by atoms with Crippen LogP contribution in [0.15, 0.2) is 29.2 Å². The number of aryl methyl sites for hydroxylation is 1. The van der Waals surface area contributed by atoms with Crippen molar-refractivity contribution < 1.29 is 18.3 Å². The van der Waals surface area contributed by atoms with E-state index in [1.165, 1.54) is 26.2 Å². The lowest BCUT2D eigenvalue weighted by molar-refractivity contribution is -0.136. The maximum atomic E-state index is 11.8. The number of carboxylic acid groups (broad SMARTS) is 1. The van der Waals surface area contributed by atoms with Gasteiger partial charge in [-0.1, -0.05) is 12.1 Å². The highest BCUT2D eigenvalue weighted by atomic mass is 32.2. The monoisotopic (exact) mass is 257 g/mol. The molecule has 0 amide bonds. The second-order valence-corrected chi connectivity index (χ2v) is 5.98. The van der Waals surface area contributed by atoms with Crippen molar-refractivity contribution in [2.24, 2.45) is 0 Å². The van der Waals surface area contributed by atoms with Gasteiger partial charge in [-0.15, -0.1) is 0 Å². The number of rotatable bonds is 5. The molecular formula is C11H15NO4S. The van der Waals surface area contributed by atoms with Crippen LogP contribution in [0.5, 0.6) is 0 Å². The van der Waals surface area contributed by atoms with Crippen molar-refractivity contribution in [3.05, 3.63) is 29.8 Å². The molecule has 0 unspecified atom stereocenters. The quantitative estimate of drug-likeness (QED) is 0.852. The van der Waals surface area contributed by atoms with Crippen LogP contribution in [-0.2, 0) is 21.2 Å². The molecule has 1 rings (SSSR count). The summed E-state index contributed by atoms with van der Waals surface area (Å²) in [5, 5.41) is 8.57. The summed E-state index contributed by atoms with van der Waals surface area (Å²) in [7, 11) is -0.537. The Balaban J connectivity index is 2.98.